The number of carbonyl (C=O) groups excluding carboxylic acids is 1. The van der Waals surface area contributed by atoms with Crippen LogP contribution in [0.25, 0.3) is 0 Å². The van der Waals surface area contributed by atoms with Crippen LogP contribution in [0.3, 0.4) is 0 Å². The summed E-state index contributed by atoms with van der Waals surface area (Å²) in [7, 11) is 0. The summed E-state index contributed by atoms with van der Waals surface area (Å²) >= 11 is 0. The van der Waals surface area contributed by atoms with E-state index < -0.39 is 0 Å². The Balaban J connectivity index is 1.60. The molecule has 1 saturated carbocycles. The van der Waals surface area contributed by atoms with Crippen LogP contribution in [-0.4, -0.2) is 22.1 Å². The third-order valence-electron chi connectivity index (χ3n) is 3.93. The Morgan fingerprint density at radius 3 is 2.27 bits per heavy atom. The van der Waals surface area contributed by atoms with Crippen molar-refractivity contribution in [2.45, 2.75) is 38.6 Å². The highest BCUT2D eigenvalue weighted by Gasteiger charge is 2.15. The van der Waals surface area contributed by atoms with Gasteiger partial charge in [-0.1, -0.05) is 30.5 Å². The minimum Gasteiger partial charge on any atom is -0.366 e. The van der Waals surface area contributed by atoms with E-state index in [1.54, 1.807) is 18.2 Å². The van der Waals surface area contributed by atoms with Crippen LogP contribution in [0, 0.1) is 6.92 Å². The van der Waals surface area contributed by atoms with Crippen molar-refractivity contribution in [3.63, 3.8) is 0 Å². The number of anilines is 2. The zero-order valence-electron chi connectivity index (χ0n) is 12.7. The quantitative estimate of drug-likeness (QED) is 0.907. The molecule has 3 rings (SSSR count). The van der Waals surface area contributed by atoms with Crippen molar-refractivity contribution in [2.24, 2.45) is 0 Å². The number of hydrogen-bond donors (Lipinski definition) is 2. The van der Waals surface area contributed by atoms with Gasteiger partial charge in [0.15, 0.2) is 5.82 Å². The van der Waals surface area contributed by atoms with E-state index in [1.165, 1.54) is 25.7 Å². The Kier molecular flexibility index (Phi) is 4.32. The first-order valence-corrected chi connectivity index (χ1v) is 7.69. The molecule has 1 aromatic heterocycles. The minimum atomic E-state index is -0.175. The Morgan fingerprint density at radius 1 is 1.00 bits per heavy atom. The lowest BCUT2D eigenvalue weighted by molar-refractivity contribution is 0.102. The molecule has 114 valence electrons. The molecule has 0 atom stereocenters. The largest absolute Gasteiger partial charge is 0.366 e. The summed E-state index contributed by atoms with van der Waals surface area (Å²) in [5, 5.41) is 14.3. The van der Waals surface area contributed by atoms with Crippen molar-refractivity contribution in [2.75, 3.05) is 10.6 Å². The van der Waals surface area contributed by atoms with Crippen LogP contribution < -0.4 is 10.6 Å². The number of nitrogens with one attached hydrogen (secondary N) is 2. The van der Waals surface area contributed by atoms with Crippen LogP contribution in [0.15, 0.2) is 36.4 Å². The van der Waals surface area contributed by atoms with Gasteiger partial charge in [-0.2, -0.15) is 0 Å². The Labute approximate surface area is 130 Å². The molecule has 0 unspecified atom stereocenters. The molecule has 2 N–H and O–H groups in total. The van der Waals surface area contributed by atoms with E-state index in [9.17, 15) is 4.79 Å². The fourth-order valence-electron chi connectivity index (χ4n) is 2.65. The Bertz CT molecular complexity index is 631. The number of aromatic nitrogens is 2. The Hall–Kier alpha value is -2.43. The van der Waals surface area contributed by atoms with Gasteiger partial charge in [-0.25, -0.2) is 0 Å². The number of benzene rings is 1. The van der Waals surface area contributed by atoms with Gasteiger partial charge in [0.2, 0.25) is 0 Å². The highest BCUT2D eigenvalue weighted by Crippen LogP contribution is 2.21. The molecule has 0 bridgehead atoms. The lowest BCUT2D eigenvalue weighted by Crippen LogP contribution is -2.17. The molecule has 22 heavy (non-hydrogen) atoms. The molecule has 0 saturated heterocycles. The average Bonchev–Trinajstić information content (AvgIpc) is 3.03. The third-order valence-corrected chi connectivity index (χ3v) is 3.93. The second kappa shape index (κ2) is 6.56. The number of carbonyl (C=O) groups is 1. The van der Waals surface area contributed by atoms with E-state index in [0.29, 0.717) is 17.4 Å². The van der Waals surface area contributed by atoms with Crippen LogP contribution in [0.5, 0.6) is 0 Å². The lowest BCUT2D eigenvalue weighted by Gasteiger charge is -2.12. The van der Waals surface area contributed by atoms with Crippen molar-refractivity contribution < 1.29 is 4.79 Å². The minimum absolute atomic E-state index is 0.175. The Morgan fingerprint density at radius 2 is 1.64 bits per heavy atom. The van der Waals surface area contributed by atoms with E-state index in [0.717, 1.165) is 11.4 Å². The monoisotopic (exact) mass is 296 g/mol. The molecule has 1 aliphatic rings. The van der Waals surface area contributed by atoms with Crippen LogP contribution in [0.4, 0.5) is 11.6 Å². The van der Waals surface area contributed by atoms with Crippen molar-refractivity contribution >= 4 is 17.5 Å². The smallest absolute Gasteiger partial charge is 0.256 e. The van der Waals surface area contributed by atoms with Crippen LogP contribution in [0.2, 0.25) is 0 Å². The highest BCUT2D eigenvalue weighted by molar-refractivity contribution is 6.03. The second-order valence-corrected chi connectivity index (χ2v) is 5.75. The molecule has 0 radical (unpaired) electrons. The van der Waals surface area contributed by atoms with Crippen LogP contribution >= 0.6 is 0 Å². The molecule has 1 aliphatic carbocycles. The molecule has 1 heterocycles. The average molecular weight is 296 g/mol. The van der Waals surface area contributed by atoms with Gasteiger partial charge < -0.3 is 10.6 Å². The summed E-state index contributed by atoms with van der Waals surface area (Å²) in [5.41, 5.74) is 1.74. The third kappa shape index (κ3) is 3.61. The van der Waals surface area contributed by atoms with Crippen LogP contribution in [-0.2, 0) is 0 Å². The van der Waals surface area contributed by atoms with E-state index in [2.05, 4.69) is 20.8 Å². The van der Waals surface area contributed by atoms with Gasteiger partial charge in [0.1, 0.15) is 5.82 Å². The maximum atomic E-state index is 12.1. The molecule has 5 nitrogen and oxygen atoms in total. The molecule has 1 fully saturated rings. The van der Waals surface area contributed by atoms with Crippen LogP contribution in [0.1, 0.15) is 41.6 Å². The number of amides is 1. The summed E-state index contributed by atoms with van der Waals surface area (Å²) in [6.45, 7) is 1.99. The normalized spacial score (nSPS) is 14.8. The predicted molar refractivity (Wildman–Crippen MR) is 87.0 cm³/mol. The fourth-order valence-corrected chi connectivity index (χ4v) is 2.65. The lowest BCUT2D eigenvalue weighted by atomic mass is 10.1. The topological polar surface area (TPSA) is 66.9 Å². The fraction of sp³-hybridized carbons (Fsp3) is 0.353. The first-order chi connectivity index (χ1) is 10.7. The van der Waals surface area contributed by atoms with Gasteiger partial charge in [-0.05, 0) is 44.0 Å². The molecular formula is C17H20N4O. The van der Waals surface area contributed by atoms with Crippen molar-refractivity contribution in [3.8, 4) is 0 Å². The molecule has 2 aromatic rings. The summed E-state index contributed by atoms with van der Waals surface area (Å²) in [6.07, 6.45) is 4.92. The van der Waals surface area contributed by atoms with Gasteiger partial charge in [0.05, 0.1) is 0 Å². The summed E-state index contributed by atoms with van der Waals surface area (Å²) in [4.78, 5) is 12.1. The maximum Gasteiger partial charge on any atom is 0.256 e. The molecular weight excluding hydrogens is 276 g/mol. The SMILES string of the molecule is Cc1ccc(C(=O)Nc2ccc(NC3CCCC3)nn2)cc1. The summed E-state index contributed by atoms with van der Waals surface area (Å²) in [6, 6.07) is 11.6. The van der Waals surface area contributed by atoms with E-state index in [1.807, 2.05) is 25.1 Å². The van der Waals surface area contributed by atoms with E-state index in [-0.39, 0.29) is 5.91 Å². The maximum absolute atomic E-state index is 12.1. The first kappa shape index (κ1) is 14.5. The summed E-state index contributed by atoms with van der Waals surface area (Å²) < 4.78 is 0. The van der Waals surface area contributed by atoms with Gasteiger partial charge in [0, 0.05) is 11.6 Å². The molecule has 1 amide bonds. The first-order valence-electron chi connectivity index (χ1n) is 7.69. The van der Waals surface area contributed by atoms with Gasteiger partial charge in [0.25, 0.3) is 5.91 Å². The number of aryl methyl sites for hydroxylation is 1. The number of hydrogen-bond acceptors (Lipinski definition) is 4. The van der Waals surface area contributed by atoms with Crippen molar-refractivity contribution in [1.29, 1.82) is 0 Å². The molecule has 0 aliphatic heterocycles. The van der Waals surface area contributed by atoms with E-state index >= 15 is 0 Å². The summed E-state index contributed by atoms with van der Waals surface area (Å²) in [5.74, 6) is 1.05. The van der Waals surface area contributed by atoms with Crippen molar-refractivity contribution in [3.05, 3.63) is 47.5 Å². The van der Waals surface area contributed by atoms with Gasteiger partial charge in [-0.15, -0.1) is 10.2 Å². The molecule has 5 heteroatoms. The van der Waals surface area contributed by atoms with Gasteiger partial charge >= 0.3 is 0 Å². The van der Waals surface area contributed by atoms with E-state index in [4.69, 9.17) is 0 Å². The van der Waals surface area contributed by atoms with Gasteiger partial charge in [-0.3, -0.25) is 4.79 Å². The van der Waals surface area contributed by atoms with Crippen molar-refractivity contribution in [1.82, 2.24) is 10.2 Å². The zero-order chi connectivity index (χ0) is 15.4. The highest BCUT2D eigenvalue weighted by atomic mass is 16.1. The molecule has 0 spiro atoms. The standard InChI is InChI=1S/C17H20N4O/c1-12-6-8-13(9-7-12)17(22)19-16-11-10-15(20-21-16)18-14-4-2-3-5-14/h6-11,14H,2-5H2,1H3,(H,18,20)(H,19,21,22). The number of nitrogens with zero attached hydrogens (tertiary/aromatic N) is 2. The second-order valence-electron chi connectivity index (χ2n) is 5.75. The molecule has 1 aromatic carbocycles. The zero-order valence-corrected chi connectivity index (χ0v) is 12.7. The predicted octanol–water partition coefficient (Wildman–Crippen LogP) is 3.39. The number of rotatable bonds is 4.